The van der Waals surface area contributed by atoms with Crippen LogP contribution in [0, 0.1) is 0 Å². The number of anilines is 1. The molecule has 1 aliphatic rings. The minimum absolute atomic E-state index is 0.113. The maximum Gasteiger partial charge on any atom is 0.234 e. The smallest absolute Gasteiger partial charge is 0.234 e. The van der Waals surface area contributed by atoms with Crippen LogP contribution in [-0.4, -0.2) is 11.8 Å². The Kier molecular flexibility index (Phi) is 2.88. The van der Waals surface area contributed by atoms with Gasteiger partial charge >= 0.3 is 0 Å². The van der Waals surface area contributed by atoms with E-state index in [1.807, 2.05) is 54.6 Å². The van der Waals surface area contributed by atoms with Gasteiger partial charge in [0.15, 0.2) is 0 Å². The van der Waals surface area contributed by atoms with Crippen molar-refractivity contribution in [3.8, 4) is 11.1 Å². The highest BCUT2D eigenvalue weighted by molar-refractivity contribution is 6.19. The van der Waals surface area contributed by atoms with Gasteiger partial charge in [-0.05, 0) is 23.3 Å². The second-order valence-electron chi connectivity index (χ2n) is 4.54. The van der Waals surface area contributed by atoms with Crippen molar-refractivity contribution in [1.29, 1.82) is 0 Å². The largest absolute Gasteiger partial charge is 0.274 e. The average Bonchev–Trinajstić information content (AvgIpc) is 2.79. The molecule has 1 saturated heterocycles. The molecule has 1 heterocycles. The van der Waals surface area contributed by atoms with Gasteiger partial charge in [-0.1, -0.05) is 42.5 Å². The van der Waals surface area contributed by atoms with Gasteiger partial charge in [-0.25, -0.2) is 0 Å². The summed E-state index contributed by atoms with van der Waals surface area (Å²) in [6.45, 7) is 0. The molecule has 3 rings (SSSR count). The molecule has 0 aromatic heterocycles. The van der Waals surface area contributed by atoms with Gasteiger partial charge in [0.05, 0.1) is 5.69 Å². The SMILES string of the molecule is O=C1CCC(=O)N1c1ccc(-c2ccccc2)cc1. The monoisotopic (exact) mass is 251 g/mol. The zero-order valence-electron chi connectivity index (χ0n) is 10.4. The van der Waals surface area contributed by atoms with E-state index in [4.69, 9.17) is 0 Å². The molecule has 2 amide bonds. The first-order valence-electron chi connectivity index (χ1n) is 6.27. The van der Waals surface area contributed by atoms with E-state index in [1.54, 1.807) is 0 Å². The van der Waals surface area contributed by atoms with E-state index in [0.717, 1.165) is 11.1 Å². The first-order valence-corrected chi connectivity index (χ1v) is 6.27. The van der Waals surface area contributed by atoms with E-state index < -0.39 is 0 Å². The number of hydrogen-bond acceptors (Lipinski definition) is 2. The van der Waals surface area contributed by atoms with Gasteiger partial charge in [0, 0.05) is 12.8 Å². The molecule has 2 aromatic carbocycles. The van der Waals surface area contributed by atoms with E-state index in [-0.39, 0.29) is 11.8 Å². The van der Waals surface area contributed by atoms with Crippen LogP contribution < -0.4 is 4.90 Å². The summed E-state index contributed by atoms with van der Waals surface area (Å²) in [6.07, 6.45) is 0.637. The van der Waals surface area contributed by atoms with Crippen molar-refractivity contribution in [1.82, 2.24) is 0 Å². The van der Waals surface area contributed by atoms with Crippen molar-refractivity contribution in [2.45, 2.75) is 12.8 Å². The number of benzene rings is 2. The van der Waals surface area contributed by atoms with E-state index in [9.17, 15) is 9.59 Å². The van der Waals surface area contributed by atoms with Gasteiger partial charge in [0.25, 0.3) is 0 Å². The van der Waals surface area contributed by atoms with Crippen LogP contribution in [0.4, 0.5) is 5.69 Å². The summed E-state index contributed by atoms with van der Waals surface area (Å²) in [5.41, 5.74) is 2.85. The standard InChI is InChI=1S/C16H13NO2/c18-15-10-11-16(19)17(15)14-8-6-13(7-9-14)12-4-2-1-3-5-12/h1-9H,10-11H2. The van der Waals surface area contributed by atoms with Gasteiger partial charge in [-0.2, -0.15) is 0 Å². The number of carbonyl (C=O) groups excluding carboxylic acids is 2. The van der Waals surface area contributed by atoms with Crippen LogP contribution in [0.25, 0.3) is 11.1 Å². The highest BCUT2D eigenvalue weighted by Crippen LogP contribution is 2.26. The molecule has 0 aliphatic carbocycles. The lowest BCUT2D eigenvalue weighted by atomic mass is 10.1. The molecule has 0 unspecified atom stereocenters. The van der Waals surface area contributed by atoms with E-state index in [2.05, 4.69) is 0 Å². The van der Waals surface area contributed by atoms with Crippen LogP contribution in [0.1, 0.15) is 12.8 Å². The number of nitrogens with zero attached hydrogens (tertiary/aromatic N) is 1. The van der Waals surface area contributed by atoms with Crippen LogP contribution in [0.2, 0.25) is 0 Å². The maximum atomic E-state index is 11.6. The summed E-state index contributed by atoms with van der Waals surface area (Å²) in [5, 5.41) is 0. The minimum Gasteiger partial charge on any atom is -0.274 e. The molecule has 0 atom stereocenters. The van der Waals surface area contributed by atoms with Crippen LogP contribution in [0.15, 0.2) is 54.6 Å². The fourth-order valence-corrected chi connectivity index (χ4v) is 2.30. The molecule has 0 N–H and O–H groups in total. The number of rotatable bonds is 2. The molecular weight excluding hydrogens is 238 g/mol. The predicted octanol–water partition coefficient (Wildman–Crippen LogP) is 3.01. The summed E-state index contributed by atoms with van der Waals surface area (Å²) in [6, 6.07) is 17.5. The Morgan fingerprint density at radius 3 is 1.79 bits per heavy atom. The maximum absolute atomic E-state index is 11.6. The third kappa shape index (κ3) is 2.15. The normalized spacial score (nSPS) is 15.1. The highest BCUT2D eigenvalue weighted by Gasteiger charge is 2.29. The highest BCUT2D eigenvalue weighted by atomic mass is 16.2. The molecule has 2 aromatic rings. The molecule has 0 saturated carbocycles. The van der Waals surface area contributed by atoms with Crippen molar-refractivity contribution in [2.75, 3.05) is 4.90 Å². The molecular formula is C16H13NO2. The number of amides is 2. The summed E-state index contributed by atoms with van der Waals surface area (Å²) in [4.78, 5) is 24.6. The Bertz CT molecular complexity index is 601. The molecule has 1 aliphatic heterocycles. The van der Waals surface area contributed by atoms with Crippen molar-refractivity contribution < 1.29 is 9.59 Å². The first-order chi connectivity index (χ1) is 9.25. The minimum atomic E-state index is -0.113. The molecule has 0 spiro atoms. The van der Waals surface area contributed by atoms with Gasteiger partial charge in [0.2, 0.25) is 11.8 Å². The lowest BCUT2D eigenvalue weighted by molar-refractivity contribution is -0.121. The van der Waals surface area contributed by atoms with Crippen molar-refractivity contribution in [3.05, 3.63) is 54.6 Å². The van der Waals surface area contributed by atoms with Crippen LogP contribution in [-0.2, 0) is 9.59 Å². The third-order valence-electron chi connectivity index (χ3n) is 3.28. The van der Waals surface area contributed by atoms with Crippen molar-refractivity contribution >= 4 is 17.5 Å². The molecule has 0 bridgehead atoms. The Labute approximate surface area is 111 Å². The van der Waals surface area contributed by atoms with Gasteiger partial charge in [0.1, 0.15) is 0 Å². The first kappa shape index (κ1) is 11.7. The van der Waals surface area contributed by atoms with Gasteiger partial charge in [-0.15, -0.1) is 0 Å². The lowest BCUT2D eigenvalue weighted by Gasteiger charge is -2.14. The zero-order valence-corrected chi connectivity index (χ0v) is 10.4. The Hall–Kier alpha value is -2.42. The molecule has 0 radical (unpaired) electrons. The Morgan fingerprint density at radius 1 is 0.684 bits per heavy atom. The molecule has 3 nitrogen and oxygen atoms in total. The quantitative estimate of drug-likeness (QED) is 0.769. The van der Waals surface area contributed by atoms with Gasteiger partial charge < -0.3 is 0 Å². The lowest BCUT2D eigenvalue weighted by Crippen LogP contribution is -2.28. The fourth-order valence-electron chi connectivity index (χ4n) is 2.30. The van der Waals surface area contributed by atoms with E-state index in [0.29, 0.717) is 18.5 Å². The van der Waals surface area contributed by atoms with E-state index >= 15 is 0 Å². The summed E-state index contributed by atoms with van der Waals surface area (Å²) < 4.78 is 0. The third-order valence-corrected chi connectivity index (χ3v) is 3.28. The van der Waals surface area contributed by atoms with Crippen LogP contribution in [0.5, 0.6) is 0 Å². The second-order valence-corrected chi connectivity index (χ2v) is 4.54. The molecule has 94 valence electrons. The molecule has 3 heteroatoms. The van der Waals surface area contributed by atoms with E-state index in [1.165, 1.54) is 4.90 Å². The van der Waals surface area contributed by atoms with Gasteiger partial charge in [-0.3, -0.25) is 14.5 Å². The van der Waals surface area contributed by atoms with Crippen LogP contribution in [0.3, 0.4) is 0 Å². The fraction of sp³-hybridized carbons (Fsp3) is 0.125. The average molecular weight is 251 g/mol. The number of carbonyl (C=O) groups is 2. The number of hydrogen-bond donors (Lipinski definition) is 0. The second kappa shape index (κ2) is 4.69. The summed E-state index contributed by atoms with van der Waals surface area (Å²) in [7, 11) is 0. The van der Waals surface area contributed by atoms with Crippen molar-refractivity contribution in [3.63, 3.8) is 0 Å². The molecule has 1 fully saturated rings. The summed E-state index contributed by atoms with van der Waals surface area (Å²) >= 11 is 0. The predicted molar refractivity (Wildman–Crippen MR) is 73.6 cm³/mol. The van der Waals surface area contributed by atoms with Crippen LogP contribution >= 0.6 is 0 Å². The zero-order chi connectivity index (χ0) is 13.2. The summed E-state index contributed by atoms with van der Waals surface area (Å²) in [5.74, 6) is -0.227. The molecule has 19 heavy (non-hydrogen) atoms. The Morgan fingerprint density at radius 2 is 1.21 bits per heavy atom. The topological polar surface area (TPSA) is 37.4 Å². The Balaban J connectivity index is 1.91. The number of imide groups is 1. The van der Waals surface area contributed by atoms with Crippen molar-refractivity contribution in [2.24, 2.45) is 0 Å².